The number of carbonyl (C=O) groups excluding carboxylic acids is 1. The van der Waals surface area contributed by atoms with Gasteiger partial charge in [0.1, 0.15) is 6.04 Å². The first-order chi connectivity index (χ1) is 7.95. The molecule has 0 saturated carbocycles. The smallest absolute Gasteiger partial charge is 0.327 e. The number of esters is 1. The van der Waals surface area contributed by atoms with Crippen molar-refractivity contribution in [1.82, 2.24) is 5.32 Å². The molecule has 3 nitrogen and oxygen atoms in total. The van der Waals surface area contributed by atoms with Crippen LogP contribution in [0.4, 0.5) is 0 Å². The number of ether oxygens (including phenoxy) is 1. The van der Waals surface area contributed by atoms with Crippen molar-refractivity contribution in [2.24, 2.45) is 5.92 Å². The van der Waals surface area contributed by atoms with E-state index in [-0.39, 0.29) is 12.0 Å². The van der Waals surface area contributed by atoms with E-state index < -0.39 is 0 Å². The van der Waals surface area contributed by atoms with Gasteiger partial charge in [-0.15, -0.1) is 11.3 Å². The van der Waals surface area contributed by atoms with Crippen LogP contribution >= 0.6 is 11.3 Å². The third kappa shape index (κ3) is 3.82. The topological polar surface area (TPSA) is 38.3 Å². The quantitative estimate of drug-likeness (QED) is 0.822. The second-order valence-corrected chi connectivity index (χ2v) is 6.09. The predicted octanol–water partition coefficient (Wildman–Crippen LogP) is 2.82. The Morgan fingerprint density at radius 3 is 2.53 bits per heavy atom. The first-order valence-electron chi connectivity index (χ1n) is 5.83. The van der Waals surface area contributed by atoms with Crippen LogP contribution in [-0.4, -0.2) is 19.6 Å². The van der Waals surface area contributed by atoms with Crippen molar-refractivity contribution in [2.75, 3.05) is 13.7 Å². The molecule has 0 amide bonds. The van der Waals surface area contributed by atoms with Crippen LogP contribution < -0.4 is 5.32 Å². The monoisotopic (exact) mass is 255 g/mol. The molecule has 1 aromatic heterocycles. The number of nitrogens with one attached hydrogen (secondary N) is 1. The molecule has 4 heteroatoms. The molecule has 1 rings (SSSR count). The Bertz CT molecular complexity index is 385. The van der Waals surface area contributed by atoms with Crippen molar-refractivity contribution in [3.8, 4) is 0 Å². The number of rotatable bonds is 5. The molecule has 96 valence electrons. The molecule has 0 fully saturated rings. The van der Waals surface area contributed by atoms with Gasteiger partial charge in [0.15, 0.2) is 0 Å². The third-order valence-electron chi connectivity index (χ3n) is 2.56. The molecule has 0 aliphatic heterocycles. The number of thiophene rings is 1. The van der Waals surface area contributed by atoms with Crippen LogP contribution in [0.25, 0.3) is 0 Å². The minimum absolute atomic E-state index is 0.216. The van der Waals surface area contributed by atoms with E-state index in [1.54, 1.807) is 11.3 Å². The zero-order chi connectivity index (χ0) is 13.0. The van der Waals surface area contributed by atoms with Crippen molar-refractivity contribution >= 4 is 17.3 Å². The normalized spacial score (nSPS) is 12.8. The van der Waals surface area contributed by atoms with Gasteiger partial charge in [-0.1, -0.05) is 13.8 Å². The number of methoxy groups -OCH3 is 1. The molecule has 1 heterocycles. The fourth-order valence-corrected chi connectivity index (χ4v) is 2.69. The summed E-state index contributed by atoms with van der Waals surface area (Å²) in [5, 5.41) is 3.27. The van der Waals surface area contributed by atoms with Gasteiger partial charge in [0, 0.05) is 9.75 Å². The highest BCUT2D eigenvalue weighted by Crippen LogP contribution is 2.27. The van der Waals surface area contributed by atoms with Crippen molar-refractivity contribution in [1.29, 1.82) is 0 Å². The van der Waals surface area contributed by atoms with Gasteiger partial charge in [0.05, 0.1) is 7.11 Å². The van der Waals surface area contributed by atoms with Crippen LogP contribution in [0.2, 0.25) is 0 Å². The molecular weight excluding hydrogens is 234 g/mol. The molecule has 0 aliphatic carbocycles. The van der Waals surface area contributed by atoms with E-state index >= 15 is 0 Å². The fraction of sp³-hybridized carbons (Fsp3) is 0.615. The minimum Gasteiger partial charge on any atom is -0.468 e. The summed E-state index contributed by atoms with van der Waals surface area (Å²) in [7, 11) is 1.43. The summed E-state index contributed by atoms with van der Waals surface area (Å²) in [6.45, 7) is 9.13. The summed E-state index contributed by atoms with van der Waals surface area (Å²) < 4.78 is 4.87. The van der Waals surface area contributed by atoms with Gasteiger partial charge >= 0.3 is 5.97 Å². The van der Waals surface area contributed by atoms with Gasteiger partial charge in [0.2, 0.25) is 0 Å². The average Bonchev–Trinajstić information content (AvgIpc) is 2.57. The number of aryl methyl sites for hydroxylation is 2. The number of hydrogen-bond donors (Lipinski definition) is 1. The molecule has 0 spiro atoms. The van der Waals surface area contributed by atoms with Crippen molar-refractivity contribution < 1.29 is 9.53 Å². The SMILES string of the molecule is COC(=O)C(NCC(C)C)c1cc(C)sc1C. The van der Waals surface area contributed by atoms with Gasteiger partial charge in [-0.05, 0) is 37.9 Å². The summed E-state index contributed by atoms with van der Waals surface area (Å²) in [6.07, 6.45) is 0. The number of carbonyl (C=O) groups is 1. The van der Waals surface area contributed by atoms with Crippen LogP contribution in [0.3, 0.4) is 0 Å². The van der Waals surface area contributed by atoms with E-state index in [1.165, 1.54) is 16.9 Å². The van der Waals surface area contributed by atoms with Crippen molar-refractivity contribution in [3.63, 3.8) is 0 Å². The lowest BCUT2D eigenvalue weighted by Gasteiger charge is -2.17. The zero-order valence-electron chi connectivity index (χ0n) is 11.2. The summed E-state index contributed by atoms with van der Waals surface area (Å²) in [4.78, 5) is 14.2. The van der Waals surface area contributed by atoms with Crippen LogP contribution in [0.5, 0.6) is 0 Å². The Balaban J connectivity index is 2.89. The largest absolute Gasteiger partial charge is 0.468 e. The Labute approximate surface area is 107 Å². The van der Waals surface area contributed by atoms with E-state index in [0.29, 0.717) is 5.92 Å². The van der Waals surface area contributed by atoms with E-state index in [4.69, 9.17) is 4.74 Å². The predicted molar refractivity (Wildman–Crippen MR) is 71.4 cm³/mol. The maximum absolute atomic E-state index is 11.8. The van der Waals surface area contributed by atoms with Crippen LogP contribution in [-0.2, 0) is 9.53 Å². The molecule has 1 aromatic rings. The molecule has 0 saturated heterocycles. The van der Waals surface area contributed by atoms with Crippen molar-refractivity contribution in [2.45, 2.75) is 33.7 Å². The van der Waals surface area contributed by atoms with Gasteiger partial charge < -0.3 is 10.1 Å². The Morgan fingerprint density at radius 2 is 2.12 bits per heavy atom. The molecule has 0 aliphatic rings. The molecule has 1 N–H and O–H groups in total. The summed E-state index contributed by atoms with van der Waals surface area (Å²) in [5.41, 5.74) is 1.04. The second-order valence-electron chi connectivity index (χ2n) is 4.63. The lowest BCUT2D eigenvalue weighted by Crippen LogP contribution is -2.32. The first kappa shape index (κ1) is 14.2. The van der Waals surface area contributed by atoms with Gasteiger partial charge in [-0.3, -0.25) is 0 Å². The number of hydrogen-bond acceptors (Lipinski definition) is 4. The van der Waals surface area contributed by atoms with E-state index in [1.807, 2.05) is 6.92 Å². The minimum atomic E-state index is -0.340. The molecule has 1 atom stereocenters. The zero-order valence-corrected chi connectivity index (χ0v) is 12.0. The highest BCUT2D eigenvalue weighted by Gasteiger charge is 2.24. The van der Waals surface area contributed by atoms with Gasteiger partial charge in [-0.25, -0.2) is 4.79 Å². The maximum atomic E-state index is 11.8. The molecule has 0 aromatic carbocycles. The first-order valence-corrected chi connectivity index (χ1v) is 6.65. The molecule has 1 unspecified atom stereocenters. The molecule has 17 heavy (non-hydrogen) atoms. The third-order valence-corrected chi connectivity index (χ3v) is 3.54. The Morgan fingerprint density at radius 1 is 1.47 bits per heavy atom. The lowest BCUT2D eigenvalue weighted by molar-refractivity contribution is -0.143. The lowest BCUT2D eigenvalue weighted by atomic mass is 10.1. The second kappa shape index (κ2) is 6.17. The summed E-state index contributed by atoms with van der Waals surface area (Å²) in [6, 6.07) is 1.72. The Kier molecular flexibility index (Phi) is 5.15. The summed E-state index contributed by atoms with van der Waals surface area (Å²) >= 11 is 1.71. The molecule has 0 radical (unpaired) electrons. The fourth-order valence-electron chi connectivity index (χ4n) is 1.73. The summed E-state index contributed by atoms with van der Waals surface area (Å²) in [5.74, 6) is 0.286. The van der Waals surface area contributed by atoms with Crippen LogP contribution in [0.1, 0.15) is 35.2 Å². The highest BCUT2D eigenvalue weighted by atomic mass is 32.1. The highest BCUT2D eigenvalue weighted by molar-refractivity contribution is 7.12. The Hall–Kier alpha value is -0.870. The maximum Gasteiger partial charge on any atom is 0.327 e. The molecular formula is C13H21NO2S. The van der Waals surface area contributed by atoms with E-state index in [0.717, 1.165) is 12.1 Å². The average molecular weight is 255 g/mol. The van der Waals surface area contributed by atoms with Crippen molar-refractivity contribution in [3.05, 3.63) is 21.4 Å². The van der Waals surface area contributed by atoms with Crippen LogP contribution in [0, 0.1) is 19.8 Å². The van der Waals surface area contributed by atoms with Gasteiger partial charge in [-0.2, -0.15) is 0 Å². The van der Waals surface area contributed by atoms with Gasteiger partial charge in [0.25, 0.3) is 0 Å². The molecule has 0 bridgehead atoms. The van der Waals surface area contributed by atoms with E-state index in [9.17, 15) is 4.79 Å². The van der Waals surface area contributed by atoms with E-state index in [2.05, 4.69) is 32.2 Å². The standard InChI is InChI=1S/C13H21NO2S/c1-8(2)7-14-12(13(15)16-5)11-6-9(3)17-10(11)4/h6,8,12,14H,7H2,1-5H3. The van der Waals surface area contributed by atoms with Crippen LogP contribution in [0.15, 0.2) is 6.07 Å².